The Labute approximate surface area is 855 Å². The van der Waals surface area contributed by atoms with Crippen molar-refractivity contribution in [3.8, 4) is 100 Å². The van der Waals surface area contributed by atoms with Crippen molar-refractivity contribution in [2.24, 2.45) is 0 Å². The summed E-state index contributed by atoms with van der Waals surface area (Å²) in [6.45, 7) is 0. The van der Waals surface area contributed by atoms with Gasteiger partial charge in [0.15, 0.2) is 0 Å². The van der Waals surface area contributed by atoms with E-state index < -0.39 is 155 Å². The van der Waals surface area contributed by atoms with E-state index >= 15 is 0 Å². The van der Waals surface area contributed by atoms with Gasteiger partial charge in [-0.3, -0.25) is 0 Å². The zero-order chi connectivity index (χ0) is 120. The van der Waals surface area contributed by atoms with Crippen molar-refractivity contribution in [2.45, 2.75) is 0 Å². The smallest absolute Gasteiger partial charge is 0.136 e. The lowest BCUT2D eigenvalue weighted by Gasteiger charge is -2.19. The topological polar surface area (TPSA) is 39.4 Å². The first-order chi connectivity index (χ1) is 82.8. The van der Waals surface area contributed by atoms with Crippen LogP contribution in [0.25, 0.3) is 295 Å². The van der Waals surface area contributed by atoms with Gasteiger partial charge in [-0.05, 0) is 290 Å². The molecule has 3 nitrogen and oxygen atoms in total. The molecule has 0 radical (unpaired) electrons. The lowest BCUT2D eigenvalue weighted by molar-refractivity contribution is 0.669. The molecule has 27 aromatic carbocycles. The second-order valence-electron chi connectivity index (χ2n) is 34.9. The zero-order valence-corrected chi connectivity index (χ0v) is 74.3. The highest BCUT2D eigenvalue weighted by Crippen LogP contribution is 2.53. The van der Waals surface area contributed by atoms with E-state index in [1.807, 2.05) is 279 Å². The molecule has 0 spiro atoms. The van der Waals surface area contributed by atoms with Gasteiger partial charge < -0.3 is 13.3 Å². The first kappa shape index (κ1) is 55.5. The molecule has 0 N–H and O–H groups in total. The van der Waals surface area contributed by atoms with Crippen molar-refractivity contribution in [1.29, 1.82) is 0 Å². The van der Waals surface area contributed by atoms with Crippen LogP contribution in [0.5, 0.6) is 0 Å². The highest BCUT2D eigenvalue weighted by molar-refractivity contribution is 6.30. The summed E-state index contributed by atoms with van der Waals surface area (Å²) in [5.41, 5.74) is 12.1. The number of rotatable bonds is 9. The number of furan rings is 3. The fourth-order valence-corrected chi connectivity index (χ4v) is 21.3. The second kappa shape index (κ2) is 33.2. The van der Waals surface area contributed by atoms with E-state index in [-0.39, 0.29) is 124 Å². The molecule has 0 saturated heterocycles. The summed E-state index contributed by atoms with van der Waals surface area (Å²) >= 11 is 0. The molecule has 30 rings (SSSR count). The van der Waals surface area contributed by atoms with Crippen LogP contribution in [0.1, 0.15) is 42.5 Å². The molecule has 141 heavy (non-hydrogen) atoms. The Kier molecular flexibility index (Phi) is 13.1. The predicted molar refractivity (Wildman–Crippen MR) is 600 cm³/mol. The first-order valence-electron chi connectivity index (χ1n) is 61.5. The lowest BCUT2D eigenvalue weighted by Crippen LogP contribution is -1.92. The van der Waals surface area contributed by atoms with Gasteiger partial charge in [0.05, 0.1) is 42.5 Å². The van der Waals surface area contributed by atoms with Crippen LogP contribution in [0.4, 0.5) is 0 Å². The average Bonchev–Trinajstić information content (AvgIpc) is 0.957. The Morgan fingerprint density at radius 1 is 0.128 bits per heavy atom. The van der Waals surface area contributed by atoms with E-state index in [4.69, 9.17) is 37.9 Å². The van der Waals surface area contributed by atoms with Gasteiger partial charge in [-0.2, -0.15) is 0 Å². The van der Waals surface area contributed by atoms with Crippen LogP contribution < -0.4 is 0 Å². The normalized spacial score (nSPS) is 14.9. The van der Waals surface area contributed by atoms with Gasteiger partial charge in [0, 0.05) is 32.3 Å². The Morgan fingerprint density at radius 2 is 0.383 bits per heavy atom. The maximum atomic E-state index is 9.44. The van der Waals surface area contributed by atoms with Crippen molar-refractivity contribution in [1.82, 2.24) is 0 Å². The van der Waals surface area contributed by atoms with Gasteiger partial charge in [0.1, 0.15) is 33.5 Å². The van der Waals surface area contributed by atoms with Crippen LogP contribution in [0, 0.1) is 0 Å². The van der Waals surface area contributed by atoms with E-state index in [2.05, 4.69) is 24.3 Å². The minimum atomic E-state index is -0.758. The standard InChI is InChI=1S/3C46H28O/c2*1-3-17-33-29(12-1)14-10-24-36(33)44-39-21-7-5-19-37(39)43(38-20-6-8-22-40(38)44)32-16-9-15-31(28-32)35-23-11-25-41-46(35)45-34-18-4-2-13-30(34)26-27-42(45)47-41;1-2-13-31-27-34(24-23-29(31)11-1)44-39-19-7-5-17-37(39)43(38-18-6-8-20-40(38)44)33-15-9-14-32(28-33)36-21-10-22-41-46(36)45-35-16-4-3-12-30(35)25-26-42(45)47-41/h3*1-28H/i1D,3D,5D,6D,7D,8D,10D,12D,14D,17D,19D,20D,21D,22D,24D;5D,6D,7D,8D,19D,20D,21D,22D;5D,6D,7D,8D,17D,18D,19D,20D. The number of hydrogen-bond acceptors (Lipinski definition) is 3. The van der Waals surface area contributed by atoms with E-state index in [1.165, 1.54) is 0 Å². The van der Waals surface area contributed by atoms with Crippen LogP contribution in [0.3, 0.4) is 0 Å². The Hall–Kier alpha value is -18.5. The molecule has 0 atom stereocenters. The van der Waals surface area contributed by atoms with Crippen molar-refractivity contribution in [2.75, 3.05) is 0 Å². The van der Waals surface area contributed by atoms with Crippen LogP contribution in [0.2, 0.25) is 0 Å². The number of fused-ring (bicyclic) bond motifs is 24. The molecule has 654 valence electrons. The monoisotopic (exact) mass is 1820 g/mol. The summed E-state index contributed by atoms with van der Waals surface area (Å²) in [6.07, 6.45) is 0. The van der Waals surface area contributed by atoms with Crippen LogP contribution >= 0.6 is 0 Å². The second-order valence-corrected chi connectivity index (χ2v) is 34.9. The fourth-order valence-electron chi connectivity index (χ4n) is 21.3. The summed E-state index contributed by atoms with van der Waals surface area (Å²) in [5.74, 6) is 0. The van der Waals surface area contributed by atoms with Crippen molar-refractivity contribution < 1.29 is 55.7 Å². The molecule has 3 aromatic heterocycles. The molecule has 0 amide bonds. The van der Waals surface area contributed by atoms with E-state index in [9.17, 15) is 17.8 Å². The Bertz CT molecular complexity index is 12200. The largest absolute Gasteiger partial charge is 0.456 e. The molecule has 3 heteroatoms. The third-order valence-corrected chi connectivity index (χ3v) is 27.3. The molecule has 30 aromatic rings. The third kappa shape index (κ3) is 13.3. The van der Waals surface area contributed by atoms with Gasteiger partial charge in [-0.25, -0.2) is 0 Å². The van der Waals surface area contributed by atoms with E-state index in [0.717, 1.165) is 125 Å². The minimum absolute atomic E-state index is 0.0234. The number of hydrogen-bond donors (Lipinski definition) is 0. The van der Waals surface area contributed by atoms with Crippen LogP contribution in [0.15, 0.2) is 522 Å². The summed E-state index contributed by atoms with van der Waals surface area (Å²) in [5, 5.41) is 14.9. The van der Waals surface area contributed by atoms with Gasteiger partial charge >= 0.3 is 0 Å². The molecule has 0 fully saturated rings. The first-order valence-corrected chi connectivity index (χ1v) is 46.0. The van der Waals surface area contributed by atoms with Crippen molar-refractivity contribution >= 4 is 195 Å². The summed E-state index contributed by atoms with van der Waals surface area (Å²) < 4.78 is 299. The zero-order valence-electron chi connectivity index (χ0n) is 105. The van der Waals surface area contributed by atoms with Crippen molar-refractivity contribution in [3.63, 3.8) is 0 Å². The SMILES string of the molecule is [2H]c1c([2H])c([2H])c2c(-c3c4c([2H])c([2H])c([2H])c([2H])c4c(-c4cccc(-c5cccc6oc7ccc8ccccc8c7c56)c4)c4c([2H])c([2H])c([2H])c([2H])c34)c([2H])c([2H])c([2H])c2c1[2H].[2H]c1c([2H])c([2H])c2c(-c3ccc4ccccc4c3)c3c([2H])c([2H])c([2H])c([2H])c3c(-c3cccc(-c4cccc5oc6ccc7ccccc7c6c45)c3)c2c1[2H].[2H]c1c([2H])c([2H])c2c(-c3cccc4ccccc34)c3c([2H])c([2H])c([2H])c([2H])c3c(-c3cccc(-c4cccc5oc6ccc7ccccc7c6c45)c3)c2c1[2H]. The predicted octanol–water partition coefficient (Wildman–Crippen LogP) is 39.6. The molecular formula is C138H84O3. The molecule has 0 unspecified atom stereocenters. The maximum Gasteiger partial charge on any atom is 0.136 e. The quantitative estimate of drug-likeness (QED) is 0.135. The summed E-state index contributed by atoms with van der Waals surface area (Å²) in [4.78, 5) is 0. The highest BCUT2D eigenvalue weighted by atomic mass is 16.3. The molecule has 0 aliphatic carbocycles. The lowest BCUT2D eigenvalue weighted by atomic mass is 9.84. The highest BCUT2D eigenvalue weighted by Gasteiger charge is 2.27. The third-order valence-electron chi connectivity index (χ3n) is 27.3. The molecule has 0 aliphatic rings. The van der Waals surface area contributed by atoms with Crippen LogP contribution in [-0.2, 0) is 0 Å². The van der Waals surface area contributed by atoms with Gasteiger partial charge in [0.2, 0.25) is 0 Å². The fraction of sp³-hybridized carbons (Fsp3) is 0. The summed E-state index contributed by atoms with van der Waals surface area (Å²) in [7, 11) is 0. The molecule has 3 heterocycles. The van der Waals surface area contributed by atoms with Gasteiger partial charge in [0.25, 0.3) is 0 Å². The minimum Gasteiger partial charge on any atom is -0.456 e. The average molecular weight is 1820 g/mol. The maximum absolute atomic E-state index is 9.44. The molecule has 0 saturated carbocycles. The number of benzene rings is 27. The molecule has 0 bridgehead atoms. The molecular weight excluding hydrogens is 1710 g/mol. The molecule has 0 aliphatic heterocycles. The summed E-state index contributed by atoms with van der Waals surface area (Å²) in [6, 6.07) is 86.7. The Morgan fingerprint density at radius 3 is 0.766 bits per heavy atom. The van der Waals surface area contributed by atoms with Gasteiger partial charge in [-0.15, -0.1) is 0 Å². The van der Waals surface area contributed by atoms with Gasteiger partial charge in [-0.1, -0.05) is 448 Å². The van der Waals surface area contributed by atoms with E-state index in [1.54, 1.807) is 18.2 Å². The Balaban J connectivity index is 0.000000119. The van der Waals surface area contributed by atoms with E-state index in [0.29, 0.717) is 78.0 Å². The van der Waals surface area contributed by atoms with Crippen molar-refractivity contribution in [3.05, 3.63) is 509 Å². The van der Waals surface area contributed by atoms with Crippen LogP contribution in [-0.4, -0.2) is 0 Å².